The maximum Gasteiger partial charge on any atom is 0.300 e. The molecule has 0 bridgehead atoms. The number of carbonyl (C=O) groups is 2. The van der Waals surface area contributed by atoms with Crippen LogP contribution in [-0.4, -0.2) is 16.8 Å². The Morgan fingerprint density at radius 3 is 2.19 bits per heavy atom. The first-order chi connectivity index (χ1) is 18.1. The van der Waals surface area contributed by atoms with Crippen molar-refractivity contribution in [3.05, 3.63) is 132 Å². The minimum Gasteiger partial charge on any atom is -0.507 e. The summed E-state index contributed by atoms with van der Waals surface area (Å²) in [5.74, 6) is -1.35. The topological polar surface area (TPSA) is 82.8 Å². The second-order valence-electron chi connectivity index (χ2n) is 8.78. The molecule has 1 aromatic heterocycles. The molecule has 1 fully saturated rings. The quantitative estimate of drug-likeness (QED) is 0.162. The van der Waals surface area contributed by atoms with Gasteiger partial charge >= 0.3 is 0 Å². The van der Waals surface area contributed by atoms with Gasteiger partial charge < -0.3 is 14.8 Å². The van der Waals surface area contributed by atoms with Crippen LogP contribution in [0, 0.1) is 0 Å². The molecule has 6 rings (SSSR count). The largest absolute Gasteiger partial charge is 0.507 e. The van der Waals surface area contributed by atoms with E-state index in [0.29, 0.717) is 17.0 Å². The van der Waals surface area contributed by atoms with Crippen LogP contribution >= 0.6 is 0 Å². The van der Waals surface area contributed by atoms with Crippen molar-refractivity contribution < 1.29 is 19.1 Å². The summed E-state index contributed by atoms with van der Waals surface area (Å²) in [6, 6.07) is 32.6. The Hall–Kier alpha value is -5.10. The van der Waals surface area contributed by atoms with Gasteiger partial charge in [-0.15, -0.1) is 0 Å². The lowest BCUT2D eigenvalue weighted by molar-refractivity contribution is -0.132. The van der Waals surface area contributed by atoms with Gasteiger partial charge in [-0.3, -0.25) is 14.5 Å². The van der Waals surface area contributed by atoms with E-state index >= 15 is 0 Å². The van der Waals surface area contributed by atoms with Crippen molar-refractivity contribution in [2.75, 3.05) is 10.2 Å². The summed E-state index contributed by atoms with van der Waals surface area (Å²) in [6.07, 6.45) is 1.48. The molecular weight excluding hydrogens is 464 g/mol. The molecule has 1 atom stereocenters. The zero-order chi connectivity index (χ0) is 25.4. The Morgan fingerprint density at radius 1 is 0.757 bits per heavy atom. The van der Waals surface area contributed by atoms with Crippen LogP contribution in [0.25, 0.3) is 16.5 Å². The van der Waals surface area contributed by atoms with Crippen LogP contribution in [0.4, 0.5) is 17.1 Å². The molecule has 2 N–H and O–H groups in total. The highest BCUT2D eigenvalue weighted by Crippen LogP contribution is 2.42. The second kappa shape index (κ2) is 9.17. The van der Waals surface area contributed by atoms with Gasteiger partial charge in [0.05, 0.1) is 11.8 Å². The van der Waals surface area contributed by atoms with Crippen LogP contribution in [-0.2, 0) is 9.59 Å². The van der Waals surface area contributed by atoms with Gasteiger partial charge in [0.15, 0.2) is 0 Å². The highest BCUT2D eigenvalue weighted by molar-refractivity contribution is 6.51. The van der Waals surface area contributed by atoms with Gasteiger partial charge in [0, 0.05) is 22.6 Å². The van der Waals surface area contributed by atoms with Crippen molar-refractivity contribution in [2.45, 2.75) is 6.04 Å². The number of nitrogens with zero attached hydrogens (tertiary/aromatic N) is 1. The third kappa shape index (κ3) is 4.04. The molecule has 0 saturated carbocycles. The number of hydrogen-bond acceptors (Lipinski definition) is 5. The minimum absolute atomic E-state index is 0.0123. The fourth-order valence-electron chi connectivity index (χ4n) is 4.70. The lowest BCUT2D eigenvalue weighted by Crippen LogP contribution is -2.29. The molecule has 4 aromatic carbocycles. The van der Waals surface area contributed by atoms with E-state index in [9.17, 15) is 14.7 Å². The van der Waals surface area contributed by atoms with Crippen molar-refractivity contribution in [1.82, 2.24) is 0 Å². The third-order valence-electron chi connectivity index (χ3n) is 6.49. The second-order valence-corrected chi connectivity index (χ2v) is 8.78. The number of para-hydroxylation sites is 1. The first-order valence-corrected chi connectivity index (χ1v) is 11.9. The number of furan rings is 1. The Kier molecular flexibility index (Phi) is 5.54. The molecule has 1 aliphatic rings. The van der Waals surface area contributed by atoms with Crippen LogP contribution in [0.2, 0.25) is 0 Å². The lowest BCUT2D eigenvalue weighted by Gasteiger charge is -2.23. The van der Waals surface area contributed by atoms with E-state index in [1.165, 1.54) is 11.2 Å². The van der Waals surface area contributed by atoms with Crippen molar-refractivity contribution >= 4 is 45.3 Å². The van der Waals surface area contributed by atoms with Gasteiger partial charge in [-0.2, -0.15) is 0 Å². The van der Waals surface area contributed by atoms with E-state index in [0.717, 1.165) is 22.1 Å². The SMILES string of the molecule is O=C1C(=O)N(c2ccc(Nc3ccccc3)cc2)C(c2ccco2)/C1=C(/O)c1ccc2ccccc2c1. The summed E-state index contributed by atoms with van der Waals surface area (Å²) in [5.41, 5.74) is 2.72. The van der Waals surface area contributed by atoms with E-state index in [1.54, 1.807) is 36.4 Å². The molecule has 0 spiro atoms. The maximum absolute atomic E-state index is 13.3. The van der Waals surface area contributed by atoms with Crippen LogP contribution in [0.5, 0.6) is 0 Å². The summed E-state index contributed by atoms with van der Waals surface area (Å²) < 4.78 is 5.65. The summed E-state index contributed by atoms with van der Waals surface area (Å²) in [6.45, 7) is 0. The van der Waals surface area contributed by atoms with Crippen LogP contribution in [0.1, 0.15) is 17.4 Å². The normalized spacial score (nSPS) is 16.9. The van der Waals surface area contributed by atoms with Gasteiger partial charge in [0.25, 0.3) is 11.7 Å². The summed E-state index contributed by atoms with van der Waals surface area (Å²) in [5, 5.41) is 16.6. The average Bonchev–Trinajstić information content (AvgIpc) is 3.56. The molecule has 0 radical (unpaired) electrons. The van der Waals surface area contributed by atoms with E-state index in [4.69, 9.17) is 4.42 Å². The van der Waals surface area contributed by atoms with Crippen LogP contribution < -0.4 is 10.2 Å². The number of amides is 1. The average molecular weight is 487 g/mol. The van der Waals surface area contributed by atoms with E-state index < -0.39 is 17.7 Å². The number of rotatable bonds is 5. The molecule has 37 heavy (non-hydrogen) atoms. The first kappa shape index (κ1) is 22.4. The maximum atomic E-state index is 13.3. The molecule has 1 saturated heterocycles. The number of hydrogen-bond donors (Lipinski definition) is 2. The summed E-state index contributed by atoms with van der Waals surface area (Å²) >= 11 is 0. The molecule has 1 unspecified atom stereocenters. The summed E-state index contributed by atoms with van der Waals surface area (Å²) in [7, 11) is 0. The van der Waals surface area contributed by atoms with E-state index in [1.807, 2.05) is 72.8 Å². The number of anilines is 3. The Balaban J connectivity index is 1.42. The van der Waals surface area contributed by atoms with Crippen molar-refractivity contribution in [1.29, 1.82) is 0 Å². The summed E-state index contributed by atoms with van der Waals surface area (Å²) in [4.78, 5) is 28.0. The fraction of sp³-hybridized carbons (Fsp3) is 0.0323. The van der Waals surface area contributed by atoms with Crippen molar-refractivity contribution in [3.63, 3.8) is 0 Å². The van der Waals surface area contributed by atoms with Crippen molar-refractivity contribution in [3.8, 4) is 0 Å². The number of benzene rings is 4. The molecule has 0 aliphatic carbocycles. The number of Topliss-reactive ketones (excluding diaryl/α,β-unsaturated/α-hetero) is 1. The van der Waals surface area contributed by atoms with Gasteiger partial charge in [0.1, 0.15) is 17.6 Å². The zero-order valence-corrected chi connectivity index (χ0v) is 19.7. The number of nitrogens with one attached hydrogen (secondary N) is 1. The standard InChI is InChI=1S/C31H22N2O4/c34-29(22-13-12-20-7-4-5-8-21(20)19-22)27-28(26-11-6-18-37-26)33(31(36)30(27)35)25-16-14-24(15-17-25)32-23-9-2-1-3-10-23/h1-19,28,32,34H/b29-27-. The molecule has 180 valence electrons. The monoisotopic (exact) mass is 486 g/mol. The molecule has 6 heteroatoms. The molecular formula is C31H22N2O4. The molecule has 2 heterocycles. The highest BCUT2D eigenvalue weighted by Gasteiger charge is 2.48. The smallest absolute Gasteiger partial charge is 0.300 e. The minimum atomic E-state index is -0.908. The molecule has 1 amide bonds. The third-order valence-corrected chi connectivity index (χ3v) is 6.49. The Morgan fingerprint density at radius 2 is 1.46 bits per heavy atom. The highest BCUT2D eigenvalue weighted by atomic mass is 16.3. The van der Waals surface area contributed by atoms with E-state index in [-0.39, 0.29) is 11.3 Å². The lowest BCUT2D eigenvalue weighted by atomic mass is 9.97. The predicted octanol–water partition coefficient (Wildman–Crippen LogP) is 6.80. The van der Waals surface area contributed by atoms with Gasteiger partial charge in [-0.1, -0.05) is 54.6 Å². The number of fused-ring (bicyclic) bond motifs is 1. The fourth-order valence-corrected chi connectivity index (χ4v) is 4.70. The Bertz CT molecular complexity index is 1640. The molecule has 1 aliphatic heterocycles. The number of aliphatic hydroxyl groups excluding tert-OH is 1. The van der Waals surface area contributed by atoms with Crippen molar-refractivity contribution in [2.24, 2.45) is 0 Å². The number of carbonyl (C=O) groups excluding carboxylic acids is 2. The van der Waals surface area contributed by atoms with Gasteiger partial charge in [-0.05, 0) is 65.4 Å². The zero-order valence-electron chi connectivity index (χ0n) is 19.7. The van der Waals surface area contributed by atoms with Gasteiger partial charge in [0.2, 0.25) is 0 Å². The molecule has 6 nitrogen and oxygen atoms in total. The first-order valence-electron chi connectivity index (χ1n) is 11.9. The predicted molar refractivity (Wildman–Crippen MR) is 144 cm³/mol. The van der Waals surface area contributed by atoms with E-state index in [2.05, 4.69) is 5.32 Å². The Labute approximate surface area is 213 Å². The number of ketones is 1. The number of aliphatic hydroxyl groups is 1. The van der Waals surface area contributed by atoms with Gasteiger partial charge in [-0.25, -0.2) is 0 Å². The van der Waals surface area contributed by atoms with Crippen LogP contribution in [0.15, 0.2) is 125 Å². The molecule has 5 aromatic rings. The van der Waals surface area contributed by atoms with Crippen LogP contribution in [0.3, 0.4) is 0 Å².